The van der Waals surface area contributed by atoms with Gasteiger partial charge in [0.15, 0.2) is 23.3 Å². The Morgan fingerprint density at radius 3 is 1.84 bits per heavy atom. The van der Waals surface area contributed by atoms with Crippen molar-refractivity contribution in [3.63, 3.8) is 0 Å². The summed E-state index contributed by atoms with van der Waals surface area (Å²) < 4.78 is 67.8. The van der Waals surface area contributed by atoms with Crippen molar-refractivity contribution >= 4 is 21.9 Å². The first-order valence-electron chi connectivity index (χ1n) is 15.8. The molecule has 0 unspecified atom stereocenters. The van der Waals surface area contributed by atoms with Crippen molar-refractivity contribution in [1.29, 1.82) is 0 Å². The van der Waals surface area contributed by atoms with E-state index in [9.17, 15) is 0 Å². The molecule has 5 aromatic rings. The Kier molecular flexibility index (Phi) is 8.61. The molecule has 0 bridgehead atoms. The van der Waals surface area contributed by atoms with E-state index in [1.807, 2.05) is 12.1 Å². The zero-order chi connectivity index (χ0) is 30.1. The highest BCUT2D eigenvalue weighted by atomic mass is 19.2. The molecular weight excluding hydrogens is 548 g/mol. The first-order chi connectivity index (χ1) is 20.9. The zero-order valence-corrected chi connectivity index (χ0v) is 24.9. The third-order valence-corrected chi connectivity index (χ3v) is 9.37. The predicted octanol–water partition coefficient (Wildman–Crippen LogP) is 12.3. The fourth-order valence-corrected chi connectivity index (χ4v) is 6.93. The molecule has 1 saturated carbocycles. The van der Waals surface area contributed by atoms with E-state index in [2.05, 4.69) is 38.1 Å². The Morgan fingerprint density at radius 1 is 0.628 bits per heavy atom. The first kappa shape index (κ1) is 29.5. The summed E-state index contributed by atoms with van der Waals surface area (Å²) in [5.41, 5.74) is 4.09. The van der Waals surface area contributed by atoms with E-state index in [0.717, 1.165) is 56.1 Å². The van der Waals surface area contributed by atoms with Gasteiger partial charge in [-0.15, -0.1) is 0 Å². The molecule has 224 valence electrons. The van der Waals surface area contributed by atoms with Gasteiger partial charge in [0, 0.05) is 5.56 Å². The minimum atomic E-state index is -1.24. The lowest BCUT2D eigenvalue weighted by atomic mass is 9.77. The second-order valence-electron chi connectivity index (χ2n) is 12.2. The highest BCUT2D eigenvalue weighted by Crippen LogP contribution is 2.43. The van der Waals surface area contributed by atoms with Crippen molar-refractivity contribution < 1.29 is 22.0 Å². The summed E-state index contributed by atoms with van der Waals surface area (Å²) in [5.74, 6) is -4.00. The molecule has 5 heteroatoms. The molecule has 1 nitrogen and oxygen atoms in total. The minimum Gasteiger partial charge on any atom is -0.456 e. The lowest BCUT2D eigenvalue weighted by Gasteiger charge is -2.28. The normalized spacial score (nSPS) is 17.3. The number of benzene rings is 4. The van der Waals surface area contributed by atoms with E-state index in [1.54, 1.807) is 12.1 Å². The molecule has 6 rings (SSSR count). The van der Waals surface area contributed by atoms with Crippen LogP contribution < -0.4 is 0 Å². The maximum Gasteiger partial charge on any atom is 0.171 e. The molecule has 1 heterocycles. The highest BCUT2D eigenvalue weighted by molar-refractivity contribution is 6.07. The van der Waals surface area contributed by atoms with Crippen molar-refractivity contribution in [2.45, 2.75) is 84.0 Å². The summed E-state index contributed by atoms with van der Waals surface area (Å²) in [6.07, 6.45) is 10.4. The summed E-state index contributed by atoms with van der Waals surface area (Å²) >= 11 is 0. The lowest BCUT2D eigenvalue weighted by molar-refractivity contribution is 0.303. The fourth-order valence-electron chi connectivity index (χ4n) is 6.93. The van der Waals surface area contributed by atoms with Gasteiger partial charge >= 0.3 is 0 Å². The Balaban J connectivity index is 1.31. The number of halogens is 4. The quantitative estimate of drug-likeness (QED) is 0.124. The van der Waals surface area contributed by atoms with E-state index in [-0.39, 0.29) is 39.0 Å². The molecule has 0 N–H and O–H groups in total. The van der Waals surface area contributed by atoms with Crippen LogP contribution in [0.1, 0.15) is 88.7 Å². The minimum absolute atomic E-state index is 0.00579. The number of fused-ring (bicyclic) bond motifs is 3. The first-order valence-corrected chi connectivity index (χ1v) is 15.8. The van der Waals surface area contributed by atoms with Gasteiger partial charge in [-0.25, -0.2) is 17.6 Å². The van der Waals surface area contributed by atoms with Crippen LogP contribution in [-0.2, 0) is 6.42 Å². The molecule has 1 aromatic heterocycles. The van der Waals surface area contributed by atoms with Gasteiger partial charge in [-0.3, -0.25) is 0 Å². The molecule has 0 atom stereocenters. The van der Waals surface area contributed by atoms with E-state index < -0.39 is 23.3 Å². The number of furan rings is 1. The van der Waals surface area contributed by atoms with Crippen LogP contribution in [0.25, 0.3) is 44.2 Å². The summed E-state index contributed by atoms with van der Waals surface area (Å²) in [7, 11) is 0. The van der Waals surface area contributed by atoms with Crippen molar-refractivity contribution in [3.8, 4) is 22.3 Å². The van der Waals surface area contributed by atoms with E-state index >= 15 is 17.6 Å². The molecule has 0 aliphatic heterocycles. The standard InChI is InChI=1S/C38H38F4O/c1-3-5-6-8-24-9-13-25(14-10-24)26-17-19-28(20-18-26)30-22-32-34(38(42)36(30)40)33-31(43-32)21-29(35(39)37(33)41)27-15-11-23(7-4-2)12-16-27/h9-10,13-14,17-23,27H,3-8,11-12,15-16H2,1-2H3. The van der Waals surface area contributed by atoms with Gasteiger partial charge in [-0.1, -0.05) is 88.1 Å². The van der Waals surface area contributed by atoms with Crippen LogP contribution in [-0.4, -0.2) is 0 Å². The third kappa shape index (κ3) is 5.71. The Labute approximate surface area is 250 Å². The molecule has 1 aliphatic carbocycles. The molecular formula is C38H38F4O. The van der Waals surface area contributed by atoms with Gasteiger partial charge in [0.2, 0.25) is 0 Å². The number of aryl methyl sites for hydroxylation is 1. The number of hydrogen-bond acceptors (Lipinski definition) is 1. The van der Waals surface area contributed by atoms with Crippen molar-refractivity contribution in [3.05, 3.63) is 95.1 Å². The van der Waals surface area contributed by atoms with Crippen LogP contribution in [0.2, 0.25) is 0 Å². The third-order valence-electron chi connectivity index (χ3n) is 9.37. The maximum absolute atomic E-state index is 15.6. The smallest absolute Gasteiger partial charge is 0.171 e. The number of hydrogen-bond donors (Lipinski definition) is 0. The highest BCUT2D eigenvalue weighted by Gasteiger charge is 2.29. The van der Waals surface area contributed by atoms with Crippen molar-refractivity contribution in [1.82, 2.24) is 0 Å². The van der Waals surface area contributed by atoms with Crippen LogP contribution in [0.5, 0.6) is 0 Å². The summed E-state index contributed by atoms with van der Waals surface area (Å²) in [6.45, 7) is 4.35. The average molecular weight is 587 g/mol. The molecule has 0 amide bonds. The molecule has 1 aliphatic rings. The van der Waals surface area contributed by atoms with Crippen LogP contribution in [0.3, 0.4) is 0 Å². The van der Waals surface area contributed by atoms with Crippen molar-refractivity contribution in [2.24, 2.45) is 5.92 Å². The summed E-state index contributed by atoms with van der Waals surface area (Å²) in [6, 6.07) is 18.5. The average Bonchev–Trinajstić information content (AvgIpc) is 3.41. The summed E-state index contributed by atoms with van der Waals surface area (Å²) in [4.78, 5) is 0. The second-order valence-corrected chi connectivity index (χ2v) is 12.2. The number of rotatable bonds is 9. The molecule has 43 heavy (non-hydrogen) atoms. The molecule has 4 aromatic carbocycles. The monoisotopic (exact) mass is 586 g/mol. The van der Waals surface area contributed by atoms with E-state index in [4.69, 9.17) is 4.42 Å². The van der Waals surface area contributed by atoms with Gasteiger partial charge in [-0.2, -0.15) is 0 Å². The number of unbranched alkanes of at least 4 members (excludes halogenated alkanes) is 2. The lowest BCUT2D eigenvalue weighted by Crippen LogP contribution is -2.14. The van der Waals surface area contributed by atoms with Crippen LogP contribution in [0.15, 0.2) is 65.1 Å². The second kappa shape index (κ2) is 12.6. The molecule has 0 spiro atoms. The maximum atomic E-state index is 15.6. The molecule has 1 fully saturated rings. The van der Waals surface area contributed by atoms with E-state index in [0.29, 0.717) is 11.5 Å². The van der Waals surface area contributed by atoms with Gasteiger partial charge < -0.3 is 4.42 Å². The molecule has 0 radical (unpaired) electrons. The van der Waals surface area contributed by atoms with Crippen LogP contribution in [0, 0.1) is 29.2 Å². The van der Waals surface area contributed by atoms with Gasteiger partial charge in [0.05, 0.1) is 10.8 Å². The Bertz CT molecular complexity index is 1730. The predicted molar refractivity (Wildman–Crippen MR) is 167 cm³/mol. The van der Waals surface area contributed by atoms with Gasteiger partial charge in [0.25, 0.3) is 0 Å². The van der Waals surface area contributed by atoms with Crippen molar-refractivity contribution in [2.75, 3.05) is 0 Å². The van der Waals surface area contributed by atoms with Gasteiger partial charge in [0.1, 0.15) is 11.2 Å². The fraction of sp³-hybridized carbons (Fsp3) is 0.368. The van der Waals surface area contributed by atoms with Crippen LogP contribution in [0.4, 0.5) is 17.6 Å². The topological polar surface area (TPSA) is 13.1 Å². The summed E-state index contributed by atoms with van der Waals surface area (Å²) in [5, 5.41) is -0.700. The zero-order valence-electron chi connectivity index (χ0n) is 24.9. The molecule has 0 saturated heterocycles. The Hall–Kier alpha value is -3.60. The van der Waals surface area contributed by atoms with Gasteiger partial charge in [-0.05, 0) is 90.3 Å². The SMILES string of the molecule is CCCCCc1ccc(-c2ccc(-c3cc4oc5cc(C6CCC(CCC)CC6)c(F)c(F)c5c4c(F)c3F)cc2)cc1. The largest absolute Gasteiger partial charge is 0.456 e. The Morgan fingerprint density at radius 2 is 1.21 bits per heavy atom. The van der Waals surface area contributed by atoms with E-state index in [1.165, 1.54) is 37.0 Å². The van der Waals surface area contributed by atoms with Crippen LogP contribution >= 0.6 is 0 Å².